The van der Waals surface area contributed by atoms with Crippen molar-refractivity contribution < 1.29 is 4.42 Å². The Morgan fingerprint density at radius 3 is 2.74 bits per heavy atom. The summed E-state index contributed by atoms with van der Waals surface area (Å²) in [5.74, 6) is 2.28. The van der Waals surface area contributed by atoms with Crippen LogP contribution in [0, 0.1) is 5.92 Å². The van der Waals surface area contributed by atoms with Gasteiger partial charge in [-0.3, -0.25) is 0 Å². The SMILES string of the molecule is CC(C)CNc1nnc(SCc2nnc(-c3ccccc3)o2)s1. The third kappa shape index (κ3) is 4.52. The van der Waals surface area contributed by atoms with Gasteiger partial charge in [0.25, 0.3) is 0 Å². The van der Waals surface area contributed by atoms with Crippen molar-refractivity contribution in [3.63, 3.8) is 0 Å². The molecule has 0 radical (unpaired) electrons. The zero-order valence-electron chi connectivity index (χ0n) is 12.9. The van der Waals surface area contributed by atoms with Crippen LogP contribution in [0.4, 0.5) is 5.13 Å². The van der Waals surface area contributed by atoms with Gasteiger partial charge in [0.05, 0.1) is 5.75 Å². The fraction of sp³-hybridized carbons (Fsp3) is 0.333. The topological polar surface area (TPSA) is 76.7 Å². The standard InChI is InChI=1S/C15H17N5OS2/c1-10(2)8-16-14-19-20-15(23-14)22-9-12-17-18-13(21-12)11-6-4-3-5-7-11/h3-7,10H,8-9H2,1-2H3,(H,16,19). The molecule has 0 spiro atoms. The molecule has 1 N–H and O–H groups in total. The van der Waals surface area contributed by atoms with E-state index < -0.39 is 0 Å². The Morgan fingerprint density at radius 1 is 1.13 bits per heavy atom. The molecule has 0 atom stereocenters. The van der Waals surface area contributed by atoms with E-state index in [4.69, 9.17) is 4.42 Å². The Morgan fingerprint density at radius 2 is 1.96 bits per heavy atom. The summed E-state index contributed by atoms with van der Waals surface area (Å²) in [5.41, 5.74) is 0.923. The first kappa shape index (κ1) is 15.9. The van der Waals surface area contributed by atoms with Gasteiger partial charge < -0.3 is 9.73 Å². The third-order valence-electron chi connectivity index (χ3n) is 2.87. The Kier molecular flexibility index (Phi) is 5.24. The summed E-state index contributed by atoms with van der Waals surface area (Å²) < 4.78 is 6.56. The van der Waals surface area contributed by atoms with Gasteiger partial charge in [0.1, 0.15) is 0 Å². The fourth-order valence-electron chi connectivity index (χ4n) is 1.76. The molecule has 2 aromatic heterocycles. The highest BCUT2D eigenvalue weighted by Gasteiger charge is 2.11. The number of hydrogen-bond acceptors (Lipinski definition) is 8. The van der Waals surface area contributed by atoms with Crippen molar-refractivity contribution >= 4 is 28.2 Å². The minimum absolute atomic E-state index is 0.540. The summed E-state index contributed by atoms with van der Waals surface area (Å²) in [5, 5.41) is 20.5. The van der Waals surface area contributed by atoms with Crippen LogP contribution in [0.15, 0.2) is 39.1 Å². The zero-order chi connectivity index (χ0) is 16.1. The molecule has 0 amide bonds. The first-order chi connectivity index (χ1) is 11.2. The van der Waals surface area contributed by atoms with Crippen molar-refractivity contribution in [3.05, 3.63) is 36.2 Å². The van der Waals surface area contributed by atoms with Crippen LogP contribution in [0.1, 0.15) is 19.7 Å². The van der Waals surface area contributed by atoms with E-state index in [0.29, 0.717) is 23.5 Å². The van der Waals surface area contributed by atoms with Gasteiger partial charge in [0.15, 0.2) is 4.34 Å². The normalized spacial score (nSPS) is 11.1. The van der Waals surface area contributed by atoms with E-state index in [0.717, 1.165) is 21.6 Å². The van der Waals surface area contributed by atoms with Gasteiger partial charge >= 0.3 is 0 Å². The number of aromatic nitrogens is 4. The molecule has 1 aromatic carbocycles. The van der Waals surface area contributed by atoms with E-state index >= 15 is 0 Å². The Labute approximate surface area is 142 Å². The van der Waals surface area contributed by atoms with Crippen molar-refractivity contribution in [2.75, 3.05) is 11.9 Å². The van der Waals surface area contributed by atoms with E-state index in [2.05, 4.69) is 39.6 Å². The van der Waals surface area contributed by atoms with Gasteiger partial charge in [0.2, 0.25) is 16.9 Å². The van der Waals surface area contributed by atoms with Crippen LogP contribution in [0.5, 0.6) is 0 Å². The molecule has 0 fully saturated rings. The second kappa shape index (κ2) is 7.56. The molecule has 3 rings (SSSR count). The Balaban J connectivity index is 1.56. The van der Waals surface area contributed by atoms with Crippen LogP contribution in [0.25, 0.3) is 11.5 Å². The molecular weight excluding hydrogens is 330 g/mol. The second-order valence-electron chi connectivity index (χ2n) is 5.30. The predicted octanol–water partition coefficient (Wildman–Crippen LogP) is 3.95. The zero-order valence-corrected chi connectivity index (χ0v) is 14.5. The van der Waals surface area contributed by atoms with Gasteiger partial charge in [-0.05, 0) is 18.1 Å². The number of nitrogens with zero attached hydrogens (tertiary/aromatic N) is 4. The number of nitrogens with one attached hydrogen (secondary N) is 1. The molecule has 120 valence electrons. The second-order valence-corrected chi connectivity index (χ2v) is 7.50. The molecule has 0 bridgehead atoms. The van der Waals surface area contributed by atoms with Crippen molar-refractivity contribution in [2.24, 2.45) is 5.92 Å². The summed E-state index contributed by atoms with van der Waals surface area (Å²) in [7, 11) is 0. The van der Waals surface area contributed by atoms with Gasteiger partial charge in [-0.25, -0.2) is 0 Å². The lowest BCUT2D eigenvalue weighted by Gasteiger charge is -2.03. The van der Waals surface area contributed by atoms with Crippen molar-refractivity contribution in [2.45, 2.75) is 23.9 Å². The quantitative estimate of drug-likeness (QED) is 0.648. The summed E-state index contributed by atoms with van der Waals surface area (Å²) in [6, 6.07) is 9.74. The van der Waals surface area contributed by atoms with Gasteiger partial charge in [-0.2, -0.15) is 0 Å². The van der Waals surface area contributed by atoms with Crippen LogP contribution in [-0.4, -0.2) is 26.9 Å². The minimum atomic E-state index is 0.540. The molecule has 6 nitrogen and oxygen atoms in total. The van der Waals surface area contributed by atoms with E-state index in [1.54, 1.807) is 11.8 Å². The maximum Gasteiger partial charge on any atom is 0.247 e. The van der Waals surface area contributed by atoms with Gasteiger partial charge in [-0.15, -0.1) is 20.4 Å². The number of thioether (sulfide) groups is 1. The van der Waals surface area contributed by atoms with Crippen LogP contribution in [0.2, 0.25) is 0 Å². The maximum atomic E-state index is 5.67. The van der Waals surface area contributed by atoms with Crippen LogP contribution in [0.3, 0.4) is 0 Å². The summed E-state index contributed by atoms with van der Waals surface area (Å²) in [4.78, 5) is 0. The molecule has 2 heterocycles. The third-order valence-corrected chi connectivity index (χ3v) is 4.87. The number of hydrogen-bond donors (Lipinski definition) is 1. The highest BCUT2D eigenvalue weighted by molar-refractivity contribution is 8.00. The monoisotopic (exact) mass is 347 g/mol. The van der Waals surface area contributed by atoms with Crippen molar-refractivity contribution in [3.8, 4) is 11.5 Å². The maximum absolute atomic E-state index is 5.67. The summed E-state index contributed by atoms with van der Waals surface area (Å²) >= 11 is 3.08. The summed E-state index contributed by atoms with van der Waals surface area (Å²) in [6.07, 6.45) is 0. The van der Waals surface area contributed by atoms with E-state index in [1.807, 2.05) is 30.3 Å². The molecule has 23 heavy (non-hydrogen) atoms. The summed E-state index contributed by atoms with van der Waals surface area (Å²) in [6.45, 7) is 5.20. The van der Waals surface area contributed by atoms with E-state index in [9.17, 15) is 0 Å². The number of benzene rings is 1. The molecule has 0 aliphatic carbocycles. The van der Waals surface area contributed by atoms with E-state index in [1.165, 1.54) is 11.3 Å². The Hall–Kier alpha value is -1.93. The Bertz CT molecular complexity index is 741. The minimum Gasteiger partial charge on any atom is -0.420 e. The van der Waals surface area contributed by atoms with Crippen LogP contribution >= 0.6 is 23.1 Å². The average molecular weight is 347 g/mol. The molecule has 0 saturated carbocycles. The predicted molar refractivity (Wildman–Crippen MR) is 92.5 cm³/mol. The van der Waals surface area contributed by atoms with Gasteiger partial charge in [0, 0.05) is 12.1 Å². The molecule has 0 saturated heterocycles. The molecule has 0 aliphatic heterocycles. The fourth-order valence-corrected chi connectivity index (χ4v) is 3.36. The van der Waals surface area contributed by atoms with Crippen molar-refractivity contribution in [1.29, 1.82) is 0 Å². The largest absolute Gasteiger partial charge is 0.420 e. The molecular formula is C15H17N5OS2. The molecule has 0 unspecified atom stereocenters. The number of rotatable bonds is 7. The van der Waals surface area contributed by atoms with Gasteiger partial charge in [-0.1, -0.05) is 55.1 Å². The van der Waals surface area contributed by atoms with Crippen LogP contribution in [-0.2, 0) is 5.75 Å². The average Bonchev–Trinajstić information content (AvgIpc) is 3.21. The molecule has 3 aromatic rings. The lowest BCUT2D eigenvalue weighted by Crippen LogP contribution is -2.07. The number of anilines is 1. The highest BCUT2D eigenvalue weighted by Crippen LogP contribution is 2.28. The van der Waals surface area contributed by atoms with Crippen LogP contribution < -0.4 is 5.32 Å². The first-order valence-electron chi connectivity index (χ1n) is 7.28. The van der Waals surface area contributed by atoms with Crippen molar-refractivity contribution in [1.82, 2.24) is 20.4 Å². The molecule has 8 heteroatoms. The smallest absolute Gasteiger partial charge is 0.247 e. The molecule has 0 aliphatic rings. The lowest BCUT2D eigenvalue weighted by molar-refractivity contribution is 0.528. The lowest BCUT2D eigenvalue weighted by atomic mass is 10.2. The first-order valence-corrected chi connectivity index (χ1v) is 9.09. The highest BCUT2D eigenvalue weighted by atomic mass is 32.2. The van der Waals surface area contributed by atoms with E-state index in [-0.39, 0.29) is 0 Å².